The number of aromatic nitrogens is 2. The Bertz CT molecular complexity index is 1400. The molecular formula is C22H19ClN4O6S2. The monoisotopic (exact) mass is 534 g/mol. The van der Waals surface area contributed by atoms with Crippen LogP contribution in [0.4, 0.5) is 5.13 Å². The molecule has 0 atom stereocenters. The zero-order chi connectivity index (χ0) is 25.4. The SMILES string of the molecule is COc1ccccc1OCCOc1ccc(/C=C(/C#N)C(=O)Nc2nc(S(C)(=O)=O)ns2)cc1Cl. The highest BCUT2D eigenvalue weighted by Crippen LogP contribution is 2.28. The van der Waals surface area contributed by atoms with Crippen molar-refractivity contribution in [3.8, 4) is 23.3 Å². The maximum Gasteiger partial charge on any atom is 0.268 e. The molecule has 35 heavy (non-hydrogen) atoms. The number of nitrogens with zero attached hydrogens (tertiary/aromatic N) is 3. The standard InChI is InChI=1S/C22H19ClN4O6S2/c1-31-18-5-3-4-6-19(18)33-10-9-32-17-8-7-14(12-16(17)23)11-15(13-24)20(28)25-21-26-22(27-34-21)35(2,29)30/h3-8,11-12H,9-10H2,1-2H3,(H,25,26,27,28)/b15-11-. The van der Waals surface area contributed by atoms with E-state index in [4.69, 9.17) is 25.8 Å². The highest BCUT2D eigenvalue weighted by Gasteiger charge is 2.17. The number of sulfone groups is 1. The van der Waals surface area contributed by atoms with Crippen molar-refractivity contribution in [2.45, 2.75) is 5.16 Å². The van der Waals surface area contributed by atoms with Crippen molar-refractivity contribution in [3.63, 3.8) is 0 Å². The second-order valence-corrected chi connectivity index (χ2v) is 9.88. The summed E-state index contributed by atoms with van der Waals surface area (Å²) in [5.41, 5.74) is 0.240. The first-order chi connectivity index (χ1) is 16.7. The van der Waals surface area contributed by atoms with Gasteiger partial charge in [0.05, 0.1) is 12.1 Å². The Morgan fingerprint density at radius 2 is 1.86 bits per heavy atom. The van der Waals surface area contributed by atoms with E-state index in [-0.39, 0.29) is 28.9 Å². The highest BCUT2D eigenvalue weighted by molar-refractivity contribution is 7.90. The average molecular weight is 535 g/mol. The molecule has 0 unspecified atom stereocenters. The molecule has 0 aliphatic carbocycles. The molecule has 13 heteroatoms. The fourth-order valence-corrected chi connectivity index (χ4v) is 4.34. The van der Waals surface area contributed by atoms with Gasteiger partial charge < -0.3 is 14.2 Å². The summed E-state index contributed by atoms with van der Waals surface area (Å²) in [4.78, 5) is 16.1. The van der Waals surface area contributed by atoms with E-state index in [1.807, 2.05) is 12.1 Å². The molecule has 0 radical (unpaired) electrons. The Kier molecular flexibility index (Phi) is 8.64. The smallest absolute Gasteiger partial charge is 0.268 e. The number of ether oxygens (including phenoxy) is 3. The van der Waals surface area contributed by atoms with E-state index in [0.717, 1.165) is 6.26 Å². The van der Waals surface area contributed by atoms with Crippen molar-refractivity contribution in [2.24, 2.45) is 0 Å². The van der Waals surface area contributed by atoms with Crippen LogP contribution in [0.25, 0.3) is 6.08 Å². The molecular weight excluding hydrogens is 516 g/mol. The number of carbonyl (C=O) groups is 1. The summed E-state index contributed by atoms with van der Waals surface area (Å²) in [6, 6.07) is 13.8. The van der Waals surface area contributed by atoms with Crippen LogP contribution in [-0.2, 0) is 14.6 Å². The number of amides is 1. The molecule has 0 bridgehead atoms. The van der Waals surface area contributed by atoms with Gasteiger partial charge >= 0.3 is 0 Å². The van der Waals surface area contributed by atoms with Crippen molar-refractivity contribution in [2.75, 3.05) is 31.9 Å². The third-order valence-corrected chi connectivity index (χ3v) is 6.15. The molecule has 1 N–H and O–H groups in total. The van der Waals surface area contributed by atoms with E-state index in [2.05, 4.69) is 14.7 Å². The Hall–Kier alpha value is -3.66. The molecule has 3 aromatic rings. The van der Waals surface area contributed by atoms with E-state index in [0.29, 0.717) is 34.3 Å². The van der Waals surface area contributed by atoms with E-state index in [1.54, 1.807) is 37.4 Å². The van der Waals surface area contributed by atoms with Gasteiger partial charge in [0.15, 0.2) is 11.5 Å². The van der Waals surface area contributed by atoms with Gasteiger partial charge in [-0.1, -0.05) is 29.8 Å². The summed E-state index contributed by atoms with van der Waals surface area (Å²) in [5.74, 6) is 0.834. The van der Waals surface area contributed by atoms with Gasteiger partial charge in [-0.3, -0.25) is 10.1 Å². The molecule has 1 aromatic heterocycles. The highest BCUT2D eigenvalue weighted by atomic mass is 35.5. The van der Waals surface area contributed by atoms with Gasteiger partial charge in [0.25, 0.3) is 11.1 Å². The number of hydrogen-bond donors (Lipinski definition) is 1. The van der Waals surface area contributed by atoms with Crippen LogP contribution >= 0.6 is 23.1 Å². The quantitative estimate of drug-likeness (QED) is 0.234. The van der Waals surface area contributed by atoms with Gasteiger partial charge in [-0.2, -0.15) is 14.6 Å². The van der Waals surface area contributed by atoms with Gasteiger partial charge in [-0.25, -0.2) is 8.42 Å². The van der Waals surface area contributed by atoms with E-state index in [9.17, 15) is 18.5 Å². The molecule has 0 saturated heterocycles. The van der Waals surface area contributed by atoms with Crippen molar-refractivity contribution >= 4 is 50.1 Å². The average Bonchev–Trinajstić information content (AvgIpc) is 3.30. The molecule has 0 aliphatic rings. The lowest BCUT2D eigenvalue weighted by Crippen LogP contribution is -2.13. The lowest BCUT2D eigenvalue weighted by molar-refractivity contribution is -0.112. The second-order valence-electron chi connectivity index (χ2n) is 6.82. The van der Waals surface area contributed by atoms with Crippen LogP contribution in [0.5, 0.6) is 17.2 Å². The summed E-state index contributed by atoms with van der Waals surface area (Å²) in [6.45, 7) is 0.472. The largest absolute Gasteiger partial charge is 0.493 e. The predicted octanol–water partition coefficient (Wildman–Crippen LogP) is 3.61. The van der Waals surface area contributed by atoms with Crippen molar-refractivity contribution in [3.05, 3.63) is 58.6 Å². The number of benzene rings is 2. The molecule has 3 rings (SSSR count). The Morgan fingerprint density at radius 3 is 2.46 bits per heavy atom. The molecule has 1 amide bonds. The summed E-state index contributed by atoms with van der Waals surface area (Å²) in [6.07, 6.45) is 2.28. The van der Waals surface area contributed by atoms with Gasteiger partial charge in [0.1, 0.15) is 30.6 Å². The molecule has 1 heterocycles. The minimum absolute atomic E-state index is 0.0475. The number of halogens is 1. The van der Waals surface area contributed by atoms with Gasteiger partial charge in [-0.15, -0.1) is 0 Å². The Balaban J connectivity index is 1.60. The van der Waals surface area contributed by atoms with Gasteiger partial charge in [0.2, 0.25) is 15.0 Å². The van der Waals surface area contributed by atoms with Crippen LogP contribution < -0.4 is 19.5 Å². The zero-order valence-corrected chi connectivity index (χ0v) is 20.9. The van der Waals surface area contributed by atoms with Gasteiger partial charge in [0, 0.05) is 17.8 Å². The molecule has 0 saturated carbocycles. The lowest BCUT2D eigenvalue weighted by atomic mass is 10.1. The fraction of sp³-hybridized carbons (Fsp3) is 0.182. The molecule has 0 fully saturated rings. The van der Waals surface area contributed by atoms with E-state index >= 15 is 0 Å². The number of rotatable bonds is 10. The topological polar surface area (TPSA) is 140 Å². The number of carbonyl (C=O) groups excluding carboxylic acids is 1. The van der Waals surface area contributed by atoms with Crippen LogP contribution in [0, 0.1) is 11.3 Å². The molecule has 10 nitrogen and oxygen atoms in total. The molecule has 182 valence electrons. The predicted molar refractivity (Wildman–Crippen MR) is 131 cm³/mol. The maximum atomic E-state index is 12.4. The summed E-state index contributed by atoms with van der Waals surface area (Å²) in [7, 11) is -2.05. The van der Waals surface area contributed by atoms with Crippen LogP contribution in [0.3, 0.4) is 0 Å². The third-order valence-electron chi connectivity index (χ3n) is 4.26. The Labute approximate surface area is 210 Å². The summed E-state index contributed by atoms with van der Waals surface area (Å²) < 4.78 is 43.1. The van der Waals surface area contributed by atoms with Crippen LogP contribution in [-0.4, -0.2) is 50.3 Å². The van der Waals surface area contributed by atoms with Crippen molar-refractivity contribution < 1.29 is 27.4 Å². The number of anilines is 1. The third kappa shape index (κ3) is 7.16. The first-order valence-corrected chi connectivity index (χ1v) is 12.9. The van der Waals surface area contributed by atoms with E-state index < -0.39 is 20.9 Å². The van der Waals surface area contributed by atoms with Crippen LogP contribution in [0.15, 0.2) is 53.2 Å². The number of hydrogen-bond acceptors (Lipinski definition) is 10. The fourth-order valence-electron chi connectivity index (χ4n) is 2.66. The summed E-state index contributed by atoms with van der Waals surface area (Å²) in [5, 5.41) is 11.6. The van der Waals surface area contributed by atoms with Crippen LogP contribution in [0.1, 0.15) is 5.56 Å². The molecule has 0 aliphatic heterocycles. The number of nitriles is 1. The van der Waals surface area contributed by atoms with Crippen molar-refractivity contribution in [1.82, 2.24) is 9.36 Å². The number of methoxy groups -OCH3 is 1. The summed E-state index contributed by atoms with van der Waals surface area (Å²) >= 11 is 6.97. The molecule has 0 spiro atoms. The maximum absolute atomic E-state index is 12.4. The zero-order valence-electron chi connectivity index (χ0n) is 18.5. The van der Waals surface area contributed by atoms with E-state index in [1.165, 1.54) is 12.1 Å². The Morgan fingerprint density at radius 1 is 1.17 bits per heavy atom. The lowest BCUT2D eigenvalue weighted by Gasteiger charge is -2.12. The minimum Gasteiger partial charge on any atom is -0.493 e. The minimum atomic E-state index is -3.61. The number of nitrogens with one attached hydrogen (secondary N) is 1. The molecule has 2 aromatic carbocycles. The first-order valence-electron chi connectivity index (χ1n) is 9.86. The second kappa shape index (κ2) is 11.7. The van der Waals surface area contributed by atoms with Crippen LogP contribution in [0.2, 0.25) is 5.02 Å². The number of para-hydroxylation sites is 2. The van der Waals surface area contributed by atoms with Gasteiger partial charge in [-0.05, 0) is 35.9 Å². The normalized spacial score (nSPS) is 11.4. The first kappa shape index (κ1) is 26.0. The van der Waals surface area contributed by atoms with Crippen molar-refractivity contribution in [1.29, 1.82) is 5.26 Å².